The Bertz CT molecular complexity index is 144. The molecule has 0 radical (unpaired) electrons. The molecule has 0 unspecified atom stereocenters. The lowest BCUT2D eigenvalue weighted by Crippen LogP contribution is -2.09. The monoisotopic (exact) mass is 140 g/mol. The Labute approximate surface area is 61.6 Å². The summed E-state index contributed by atoms with van der Waals surface area (Å²) in [5.74, 6) is 1.71. The van der Waals surface area contributed by atoms with Crippen molar-refractivity contribution in [3.8, 4) is 12.3 Å². The first-order chi connectivity index (χ1) is 4.70. The molecule has 0 aromatic carbocycles. The topological polar surface area (TPSA) is 26.3 Å². The first-order valence-corrected chi connectivity index (χ1v) is 3.34. The Morgan fingerprint density at radius 1 is 1.80 bits per heavy atom. The highest BCUT2D eigenvalue weighted by Crippen LogP contribution is 1.99. The summed E-state index contributed by atoms with van der Waals surface area (Å²) in [4.78, 5) is 10.4. The molecule has 2 heteroatoms. The molecule has 1 atom stereocenters. The number of ether oxygens (including phenoxy) is 1. The fraction of sp³-hybridized carbons (Fsp3) is 0.625. The Kier molecular flexibility index (Phi) is 4.39. The summed E-state index contributed by atoms with van der Waals surface area (Å²) < 4.78 is 4.67. The Hall–Kier alpha value is -0.970. The highest BCUT2D eigenvalue weighted by atomic mass is 16.5. The van der Waals surface area contributed by atoms with Crippen LogP contribution in [0.5, 0.6) is 0 Å². The zero-order valence-electron chi connectivity index (χ0n) is 6.39. The summed E-state index contributed by atoms with van der Waals surface area (Å²) in [6.45, 7) is 4.47. The second-order valence-electron chi connectivity index (χ2n) is 2.26. The van der Waals surface area contributed by atoms with Gasteiger partial charge in [-0.05, 0) is 5.92 Å². The van der Waals surface area contributed by atoms with Crippen molar-refractivity contribution in [1.29, 1.82) is 0 Å². The van der Waals surface area contributed by atoms with Crippen molar-refractivity contribution >= 4 is 5.97 Å². The molecule has 0 aliphatic rings. The molecule has 0 aromatic heterocycles. The number of hydrogen-bond donors (Lipinski definition) is 0. The van der Waals surface area contributed by atoms with Crippen molar-refractivity contribution in [2.24, 2.45) is 5.92 Å². The molecular weight excluding hydrogens is 128 g/mol. The average molecular weight is 140 g/mol. The maximum absolute atomic E-state index is 10.4. The van der Waals surface area contributed by atoms with E-state index in [4.69, 9.17) is 6.42 Å². The molecule has 10 heavy (non-hydrogen) atoms. The summed E-state index contributed by atoms with van der Waals surface area (Å²) in [5, 5.41) is 0. The van der Waals surface area contributed by atoms with Gasteiger partial charge in [0, 0.05) is 5.92 Å². The zero-order chi connectivity index (χ0) is 7.98. The Morgan fingerprint density at radius 2 is 2.40 bits per heavy atom. The lowest BCUT2D eigenvalue weighted by molar-refractivity contribution is -0.137. The van der Waals surface area contributed by atoms with Crippen LogP contribution in [-0.2, 0) is 9.53 Å². The van der Waals surface area contributed by atoms with E-state index in [0.29, 0.717) is 12.5 Å². The lowest BCUT2D eigenvalue weighted by Gasteiger charge is -2.05. The van der Waals surface area contributed by atoms with Gasteiger partial charge < -0.3 is 4.74 Å². The quantitative estimate of drug-likeness (QED) is 0.334. The Balaban J connectivity index is 3.37. The third-order valence-electron chi connectivity index (χ3n) is 1.31. The van der Waals surface area contributed by atoms with E-state index in [1.807, 2.05) is 19.8 Å². The first kappa shape index (κ1) is 9.03. The molecule has 0 heterocycles. The minimum Gasteiger partial charge on any atom is -0.456 e. The van der Waals surface area contributed by atoms with Crippen LogP contribution in [0.4, 0.5) is 0 Å². The fourth-order valence-electron chi connectivity index (χ4n) is 0.377. The normalized spacial score (nSPS) is 11.7. The van der Waals surface area contributed by atoms with Crippen LogP contribution in [0.1, 0.15) is 20.3 Å². The van der Waals surface area contributed by atoms with Gasteiger partial charge in [-0.2, -0.15) is 0 Å². The van der Waals surface area contributed by atoms with Gasteiger partial charge in [0.05, 0.1) is 6.61 Å². The molecule has 0 bridgehead atoms. The standard InChI is InChI=1S/C8H12O2/c1-4-7(3)6-10-8(9)5-2/h2,7H,4,6H2,1,3H3/t7-/m0/s1. The van der Waals surface area contributed by atoms with Crippen LogP contribution >= 0.6 is 0 Å². The van der Waals surface area contributed by atoms with Gasteiger partial charge in [0.2, 0.25) is 0 Å². The highest BCUT2D eigenvalue weighted by molar-refractivity contribution is 5.87. The van der Waals surface area contributed by atoms with Crippen LogP contribution in [-0.4, -0.2) is 12.6 Å². The van der Waals surface area contributed by atoms with Crippen molar-refractivity contribution in [2.45, 2.75) is 20.3 Å². The second-order valence-corrected chi connectivity index (χ2v) is 2.26. The fourth-order valence-corrected chi connectivity index (χ4v) is 0.377. The molecule has 0 saturated carbocycles. The molecule has 0 aliphatic carbocycles. The van der Waals surface area contributed by atoms with E-state index in [0.717, 1.165) is 6.42 Å². The SMILES string of the molecule is C#CC(=O)OC[C@@H](C)CC. The summed E-state index contributed by atoms with van der Waals surface area (Å²) in [6.07, 6.45) is 5.77. The smallest absolute Gasteiger partial charge is 0.384 e. The van der Waals surface area contributed by atoms with Crippen molar-refractivity contribution in [2.75, 3.05) is 6.61 Å². The molecule has 56 valence electrons. The van der Waals surface area contributed by atoms with Crippen LogP contribution in [0.25, 0.3) is 0 Å². The van der Waals surface area contributed by atoms with Gasteiger partial charge in [-0.3, -0.25) is 0 Å². The van der Waals surface area contributed by atoms with Crippen LogP contribution in [0.15, 0.2) is 0 Å². The van der Waals surface area contributed by atoms with E-state index in [9.17, 15) is 4.79 Å². The number of hydrogen-bond acceptors (Lipinski definition) is 2. The van der Waals surface area contributed by atoms with E-state index in [1.165, 1.54) is 0 Å². The van der Waals surface area contributed by atoms with Gasteiger partial charge in [-0.1, -0.05) is 20.3 Å². The molecule has 2 nitrogen and oxygen atoms in total. The number of rotatable bonds is 3. The second kappa shape index (κ2) is 4.87. The minimum absolute atomic E-state index is 0.400. The van der Waals surface area contributed by atoms with E-state index >= 15 is 0 Å². The highest BCUT2D eigenvalue weighted by Gasteiger charge is 2.01. The molecule has 0 saturated heterocycles. The molecular formula is C8H12O2. The van der Waals surface area contributed by atoms with E-state index in [-0.39, 0.29) is 0 Å². The van der Waals surface area contributed by atoms with E-state index in [2.05, 4.69) is 4.74 Å². The van der Waals surface area contributed by atoms with Crippen LogP contribution in [0.2, 0.25) is 0 Å². The number of terminal acetylenes is 1. The van der Waals surface area contributed by atoms with Gasteiger partial charge in [-0.25, -0.2) is 4.79 Å². The number of esters is 1. The van der Waals surface area contributed by atoms with Crippen molar-refractivity contribution in [3.63, 3.8) is 0 Å². The van der Waals surface area contributed by atoms with Gasteiger partial charge in [-0.15, -0.1) is 6.42 Å². The molecule has 0 rings (SSSR count). The van der Waals surface area contributed by atoms with E-state index in [1.54, 1.807) is 0 Å². The van der Waals surface area contributed by atoms with Crippen molar-refractivity contribution < 1.29 is 9.53 Å². The van der Waals surface area contributed by atoms with Gasteiger partial charge in [0.15, 0.2) is 0 Å². The molecule has 0 N–H and O–H groups in total. The molecule has 0 amide bonds. The summed E-state index contributed by atoms with van der Waals surface area (Å²) in [6, 6.07) is 0. The third-order valence-corrected chi connectivity index (χ3v) is 1.31. The van der Waals surface area contributed by atoms with Crippen molar-refractivity contribution in [3.05, 3.63) is 0 Å². The Morgan fingerprint density at radius 3 is 2.80 bits per heavy atom. The maximum atomic E-state index is 10.4. The molecule has 0 aliphatic heterocycles. The van der Waals surface area contributed by atoms with E-state index < -0.39 is 5.97 Å². The lowest BCUT2D eigenvalue weighted by atomic mass is 10.1. The minimum atomic E-state index is -0.569. The van der Waals surface area contributed by atoms with Gasteiger partial charge in [0.25, 0.3) is 0 Å². The van der Waals surface area contributed by atoms with Crippen LogP contribution < -0.4 is 0 Å². The predicted octanol–water partition coefficient (Wildman–Crippen LogP) is 1.21. The zero-order valence-corrected chi connectivity index (χ0v) is 6.39. The molecule has 0 spiro atoms. The number of carbonyl (C=O) groups excluding carboxylic acids is 1. The summed E-state index contributed by atoms with van der Waals surface area (Å²) in [7, 11) is 0. The summed E-state index contributed by atoms with van der Waals surface area (Å²) >= 11 is 0. The third kappa shape index (κ3) is 3.96. The maximum Gasteiger partial charge on any atom is 0.384 e. The molecule has 0 fully saturated rings. The van der Waals surface area contributed by atoms with Crippen LogP contribution in [0.3, 0.4) is 0 Å². The van der Waals surface area contributed by atoms with Gasteiger partial charge >= 0.3 is 5.97 Å². The van der Waals surface area contributed by atoms with Gasteiger partial charge in [0.1, 0.15) is 0 Å². The number of carbonyl (C=O) groups is 1. The average Bonchev–Trinajstić information content (AvgIpc) is 1.99. The largest absolute Gasteiger partial charge is 0.456 e. The predicted molar refractivity (Wildman–Crippen MR) is 39.2 cm³/mol. The van der Waals surface area contributed by atoms with Crippen LogP contribution in [0, 0.1) is 18.3 Å². The first-order valence-electron chi connectivity index (χ1n) is 3.34. The molecule has 0 aromatic rings. The summed E-state index contributed by atoms with van der Waals surface area (Å²) in [5.41, 5.74) is 0. The van der Waals surface area contributed by atoms with Crippen molar-refractivity contribution in [1.82, 2.24) is 0 Å².